The minimum absolute atomic E-state index is 1.08. The average Bonchev–Trinajstić information content (AvgIpc) is 2.94. The van der Waals surface area contributed by atoms with E-state index in [1.54, 1.807) is 0 Å². The van der Waals surface area contributed by atoms with E-state index in [2.05, 4.69) is 76.4 Å². The van der Waals surface area contributed by atoms with E-state index in [9.17, 15) is 0 Å². The SMILES string of the molecule is CS/C(C)=C(\c1ccccc1)c1cc2c(c(C)c1C)CC=C2C. The van der Waals surface area contributed by atoms with E-state index >= 15 is 0 Å². The zero-order chi connectivity index (χ0) is 16.6. The monoisotopic (exact) mass is 320 g/mol. The van der Waals surface area contributed by atoms with Crippen molar-refractivity contribution in [1.82, 2.24) is 0 Å². The quantitative estimate of drug-likeness (QED) is 0.630. The molecule has 0 spiro atoms. The van der Waals surface area contributed by atoms with Crippen LogP contribution in [0.25, 0.3) is 11.1 Å². The maximum Gasteiger partial charge on any atom is -0.00161 e. The molecule has 0 nitrogen and oxygen atoms in total. The maximum absolute atomic E-state index is 2.42. The number of hydrogen-bond acceptors (Lipinski definition) is 1. The second kappa shape index (κ2) is 6.41. The van der Waals surface area contributed by atoms with Crippen LogP contribution < -0.4 is 0 Å². The van der Waals surface area contributed by atoms with Crippen LogP contribution in [-0.2, 0) is 6.42 Å². The molecular weight excluding hydrogens is 296 g/mol. The van der Waals surface area contributed by atoms with E-state index in [0.717, 1.165) is 6.42 Å². The summed E-state index contributed by atoms with van der Waals surface area (Å²) in [5, 5.41) is 0. The maximum atomic E-state index is 2.42. The summed E-state index contributed by atoms with van der Waals surface area (Å²) in [7, 11) is 0. The zero-order valence-electron chi connectivity index (χ0n) is 14.7. The molecule has 0 saturated heterocycles. The lowest BCUT2D eigenvalue weighted by atomic mass is 9.87. The first-order valence-corrected chi connectivity index (χ1v) is 9.38. The van der Waals surface area contributed by atoms with Crippen molar-refractivity contribution in [3.8, 4) is 0 Å². The van der Waals surface area contributed by atoms with Gasteiger partial charge in [-0.3, -0.25) is 0 Å². The van der Waals surface area contributed by atoms with E-state index in [-0.39, 0.29) is 0 Å². The fourth-order valence-corrected chi connectivity index (χ4v) is 3.90. The van der Waals surface area contributed by atoms with Gasteiger partial charge in [-0.1, -0.05) is 36.4 Å². The summed E-state index contributed by atoms with van der Waals surface area (Å²) in [5.74, 6) is 0. The molecule has 0 amide bonds. The first kappa shape index (κ1) is 16.1. The van der Waals surface area contributed by atoms with Crippen LogP contribution in [0.4, 0.5) is 0 Å². The highest BCUT2D eigenvalue weighted by molar-refractivity contribution is 8.02. The number of hydrogen-bond donors (Lipinski definition) is 0. The third-order valence-corrected chi connectivity index (χ3v) is 5.88. The molecule has 1 aliphatic rings. The molecule has 0 atom stereocenters. The van der Waals surface area contributed by atoms with Crippen molar-refractivity contribution in [2.24, 2.45) is 0 Å². The molecule has 1 heteroatoms. The lowest BCUT2D eigenvalue weighted by molar-refractivity contribution is 1.19. The van der Waals surface area contributed by atoms with Crippen LogP contribution in [0.2, 0.25) is 0 Å². The molecular formula is C22H24S. The molecule has 1 aliphatic carbocycles. The molecule has 23 heavy (non-hydrogen) atoms. The van der Waals surface area contributed by atoms with Gasteiger partial charge in [-0.05, 0) is 95.9 Å². The highest BCUT2D eigenvalue weighted by Gasteiger charge is 2.20. The summed E-state index contributed by atoms with van der Waals surface area (Å²) >= 11 is 1.84. The second-order valence-electron chi connectivity index (χ2n) is 6.29. The van der Waals surface area contributed by atoms with Gasteiger partial charge < -0.3 is 0 Å². The van der Waals surface area contributed by atoms with Gasteiger partial charge in [0.15, 0.2) is 0 Å². The number of rotatable bonds is 3. The standard InChI is InChI=1S/C22H24S/c1-14-11-12-19-15(2)16(3)21(13-20(14)19)22(17(4)23-5)18-9-7-6-8-10-18/h6-11,13H,12H2,1-5H3/b22-17+. The Kier molecular flexibility index (Phi) is 4.50. The number of fused-ring (bicyclic) bond motifs is 1. The fourth-order valence-electron chi connectivity index (χ4n) is 3.47. The molecule has 3 rings (SSSR count). The molecule has 0 saturated carbocycles. The van der Waals surface area contributed by atoms with Crippen LogP contribution in [0.15, 0.2) is 47.4 Å². The molecule has 2 aromatic rings. The Morgan fingerprint density at radius 1 is 1.00 bits per heavy atom. The molecule has 0 N–H and O–H groups in total. The van der Waals surface area contributed by atoms with Crippen LogP contribution >= 0.6 is 11.8 Å². The Bertz CT molecular complexity index is 808. The Balaban J connectivity index is 2.29. The van der Waals surface area contributed by atoms with Gasteiger partial charge in [0.05, 0.1) is 0 Å². The molecule has 0 aliphatic heterocycles. The highest BCUT2D eigenvalue weighted by Crippen LogP contribution is 2.39. The fraction of sp³-hybridized carbons (Fsp3) is 0.273. The van der Waals surface area contributed by atoms with Gasteiger partial charge in [0.2, 0.25) is 0 Å². The molecule has 0 radical (unpaired) electrons. The van der Waals surface area contributed by atoms with Crippen molar-refractivity contribution < 1.29 is 0 Å². The minimum Gasteiger partial charge on any atom is -0.134 e. The Labute approximate surface area is 144 Å². The van der Waals surface area contributed by atoms with Gasteiger partial charge in [-0.15, -0.1) is 11.8 Å². The molecule has 118 valence electrons. The van der Waals surface area contributed by atoms with Gasteiger partial charge in [0, 0.05) is 0 Å². The van der Waals surface area contributed by atoms with Gasteiger partial charge in [0.25, 0.3) is 0 Å². The van der Waals surface area contributed by atoms with E-state index in [4.69, 9.17) is 0 Å². The van der Waals surface area contributed by atoms with Crippen LogP contribution in [0.5, 0.6) is 0 Å². The van der Waals surface area contributed by atoms with Crippen LogP contribution in [-0.4, -0.2) is 6.26 Å². The van der Waals surface area contributed by atoms with Crippen LogP contribution in [0.1, 0.15) is 47.2 Å². The van der Waals surface area contributed by atoms with Crippen molar-refractivity contribution in [3.63, 3.8) is 0 Å². The number of thioether (sulfide) groups is 1. The van der Waals surface area contributed by atoms with Crippen molar-refractivity contribution >= 4 is 22.9 Å². The molecule has 0 bridgehead atoms. The Hall–Kier alpha value is -1.73. The Morgan fingerprint density at radius 3 is 2.35 bits per heavy atom. The van der Waals surface area contributed by atoms with Crippen molar-refractivity contribution in [2.75, 3.05) is 6.26 Å². The van der Waals surface area contributed by atoms with Gasteiger partial charge >= 0.3 is 0 Å². The number of benzene rings is 2. The van der Waals surface area contributed by atoms with E-state index in [1.807, 2.05) is 11.8 Å². The van der Waals surface area contributed by atoms with Crippen molar-refractivity contribution in [3.05, 3.63) is 80.8 Å². The summed E-state index contributed by atoms with van der Waals surface area (Å²) in [4.78, 5) is 1.37. The van der Waals surface area contributed by atoms with Gasteiger partial charge in [-0.2, -0.15) is 0 Å². The van der Waals surface area contributed by atoms with E-state index < -0.39 is 0 Å². The van der Waals surface area contributed by atoms with Crippen LogP contribution in [0.3, 0.4) is 0 Å². The molecule has 0 fully saturated rings. The predicted octanol–water partition coefficient (Wildman–Crippen LogP) is 6.41. The summed E-state index contributed by atoms with van der Waals surface area (Å²) < 4.78 is 0. The summed E-state index contributed by atoms with van der Waals surface area (Å²) in [6, 6.07) is 13.2. The first-order chi connectivity index (χ1) is 11.0. The molecule has 0 unspecified atom stereocenters. The van der Waals surface area contributed by atoms with Crippen molar-refractivity contribution in [1.29, 1.82) is 0 Å². The lowest BCUT2D eigenvalue weighted by Gasteiger charge is -2.19. The van der Waals surface area contributed by atoms with E-state index in [1.165, 1.54) is 49.4 Å². The first-order valence-electron chi connectivity index (χ1n) is 8.15. The summed E-state index contributed by atoms with van der Waals surface area (Å²) in [6.07, 6.45) is 5.60. The molecule has 0 aromatic heterocycles. The Morgan fingerprint density at radius 2 is 1.70 bits per heavy atom. The minimum atomic E-state index is 1.08. The molecule has 0 heterocycles. The number of allylic oxidation sites excluding steroid dienone is 3. The van der Waals surface area contributed by atoms with Crippen molar-refractivity contribution in [2.45, 2.75) is 34.1 Å². The summed E-state index contributed by atoms with van der Waals surface area (Å²) in [6.45, 7) is 9.02. The lowest BCUT2D eigenvalue weighted by Crippen LogP contribution is -2.01. The highest BCUT2D eigenvalue weighted by atomic mass is 32.2. The molecule has 2 aromatic carbocycles. The smallest absolute Gasteiger partial charge is 0.00161 e. The average molecular weight is 321 g/mol. The third kappa shape index (κ3) is 2.79. The summed E-state index contributed by atoms with van der Waals surface area (Å²) in [5.41, 5.74) is 11.3. The second-order valence-corrected chi connectivity index (χ2v) is 7.31. The normalized spacial score (nSPS) is 14.4. The predicted molar refractivity (Wildman–Crippen MR) is 105 cm³/mol. The van der Waals surface area contributed by atoms with E-state index in [0.29, 0.717) is 0 Å². The van der Waals surface area contributed by atoms with Gasteiger partial charge in [-0.25, -0.2) is 0 Å². The topological polar surface area (TPSA) is 0 Å². The van der Waals surface area contributed by atoms with Gasteiger partial charge in [0.1, 0.15) is 0 Å². The third-order valence-electron chi connectivity index (χ3n) is 5.06. The zero-order valence-corrected chi connectivity index (χ0v) is 15.5. The largest absolute Gasteiger partial charge is 0.134 e. The van der Waals surface area contributed by atoms with Crippen LogP contribution in [0, 0.1) is 13.8 Å².